The van der Waals surface area contributed by atoms with E-state index in [0.29, 0.717) is 6.54 Å². The molecule has 130 valence electrons. The molecule has 2 heterocycles. The summed E-state index contributed by atoms with van der Waals surface area (Å²) in [5.41, 5.74) is 6.30. The third-order valence-electron chi connectivity index (χ3n) is 5.51. The molecule has 4 rings (SSSR count). The zero-order valence-electron chi connectivity index (χ0n) is 15.1. The van der Waals surface area contributed by atoms with Crippen molar-refractivity contribution in [1.29, 1.82) is 0 Å². The second-order valence-corrected chi connectivity index (χ2v) is 7.10. The number of nitrogens with zero attached hydrogens (tertiary/aromatic N) is 2. The number of fused-ring (bicyclic) bond motifs is 3. The fraction of sp³-hybridized carbons (Fsp3) is 0.364. The Kier molecular flexibility index (Phi) is 4.36. The molecule has 0 saturated heterocycles. The van der Waals surface area contributed by atoms with Gasteiger partial charge >= 0.3 is 0 Å². The quantitative estimate of drug-likeness (QED) is 0.779. The number of aromatic nitrogens is 1. The van der Waals surface area contributed by atoms with Crippen LogP contribution in [0.15, 0.2) is 48.5 Å². The lowest BCUT2D eigenvalue weighted by Crippen LogP contribution is -2.31. The first-order valence-corrected chi connectivity index (χ1v) is 9.23. The van der Waals surface area contributed by atoms with Gasteiger partial charge in [-0.1, -0.05) is 55.0 Å². The average molecular weight is 334 g/mol. The number of benzene rings is 2. The summed E-state index contributed by atoms with van der Waals surface area (Å²) >= 11 is 0. The summed E-state index contributed by atoms with van der Waals surface area (Å²) in [4.78, 5) is 2.50. The molecule has 0 radical (unpaired) electrons. The van der Waals surface area contributed by atoms with Gasteiger partial charge in [0.2, 0.25) is 0 Å². The summed E-state index contributed by atoms with van der Waals surface area (Å²) in [5.74, 6) is 0. The molecule has 0 saturated carbocycles. The SMILES string of the molecule is CCN1CCc2c(c3ccccc3n2CC(O)c2ccc(C)cc2)C1. The van der Waals surface area contributed by atoms with E-state index in [9.17, 15) is 5.11 Å². The van der Waals surface area contributed by atoms with Gasteiger partial charge in [0.15, 0.2) is 0 Å². The maximum Gasteiger partial charge on any atom is 0.0969 e. The molecule has 0 aliphatic carbocycles. The molecule has 2 aromatic carbocycles. The number of hydrogen-bond acceptors (Lipinski definition) is 2. The normalized spacial score (nSPS) is 16.1. The van der Waals surface area contributed by atoms with Gasteiger partial charge in [0.1, 0.15) is 0 Å². The van der Waals surface area contributed by atoms with Gasteiger partial charge in [-0.15, -0.1) is 0 Å². The molecule has 0 spiro atoms. The lowest BCUT2D eigenvalue weighted by atomic mass is 10.0. The summed E-state index contributed by atoms with van der Waals surface area (Å²) in [6.07, 6.45) is 0.572. The van der Waals surface area contributed by atoms with Crippen molar-refractivity contribution in [3.05, 3.63) is 70.9 Å². The van der Waals surface area contributed by atoms with Gasteiger partial charge in [0.05, 0.1) is 12.6 Å². The molecule has 0 bridgehead atoms. The van der Waals surface area contributed by atoms with E-state index < -0.39 is 6.10 Å². The van der Waals surface area contributed by atoms with E-state index in [-0.39, 0.29) is 0 Å². The minimum atomic E-state index is -0.482. The Morgan fingerprint density at radius 2 is 1.84 bits per heavy atom. The van der Waals surface area contributed by atoms with Crippen LogP contribution in [-0.4, -0.2) is 27.7 Å². The van der Waals surface area contributed by atoms with Crippen LogP contribution < -0.4 is 0 Å². The van der Waals surface area contributed by atoms with Gasteiger partial charge in [-0.2, -0.15) is 0 Å². The monoisotopic (exact) mass is 334 g/mol. The van der Waals surface area contributed by atoms with Crippen molar-refractivity contribution in [2.24, 2.45) is 0 Å². The molecular formula is C22H26N2O. The zero-order valence-corrected chi connectivity index (χ0v) is 15.1. The number of rotatable bonds is 4. The molecule has 1 aliphatic rings. The number of aliphatic hydroxyl groups is 1. The third-order valence-corrected chi connectivity index (χ3v) is 5.51. The Morgan fingerprint density at radius 3 is 2.60 bits per heavy atom. The minimum Gasteiger partial charge on any atom is -0.387 e. The molecule has 25 heavy (non-hydrogen) atoms. The van der Waals surface area contributed by atoms with E-state index in [1.54, 1.807) is 0 Å². The molecule has 3 aromatic rings. The first kappa shape index (κ1) is 16.4. The number of aliphatic hydroxyl groups excluding tert-OH is 1. The van der Waals surface area contributed by atoms with Crippen LogP contribution in [0, 0.1) is 6.92 Å². The van der Waals surface area contributed by atoms with Crippen LogP contribution in [0.1, 0.15) is 35.4 Å². The van der Waals surface area contributed by atoms with E-state index in [4.69, 9.17) is 0 Å². The molecule has 3 heteroatoms. The zero-order chi connectivity index (χ0) is 17.4. The van der Waals surface area contributed by atoms with Gasteiger partial charge in [0, 0.05) is 36.1 Å². The second-order valence-electron chi connectivity index (χ2n) is 7.10. The van der Waals surface area contributed by atoms with Crippen LogP contribution in [0.3, 0.4) is 0 Å². The molecule has 1 unspecified atom stereocenters. The lowest BCUT2D eigenvalue weighted by Gasteiger charge is -2.27. The van der Waals surface area contributed by atoms with Gasteiger partial charge in [0.25, 0.3) is 0 Å². The first-order chi connectivity index (χ1) is 12.2. The molecule has 1 N–H and O–H groups in total. The highest BCUT2D eigenvalue weighted by Crippen LogP contribution is 2.32. The summed E-state index contributed by atoms with van der Waals surface area (Å²) in [6, 6.07) is 16.8. The molecule has 0 fully saturated rings. The molecule has 1 aliphatic heterocycles. The van der Waals surface area contributed by atoms with Crippen molar-refractivity contribution >= 4 is 10.9 Å². The fourth-order valence-electron chi connectivity index (χ4n) is 4.00. The highest BCUT2D eigenvalue weighted by atomic mass is 16.3. The smallest absolute Gasteiger partial charge is 0.0969 e. The van der Waals surface area contributed by atoms with E-state index in [0.717, 1.165) is 31.6 Å². The van der Waals surface area contributed by atoms with Gasteiger partial charge in [-0.25, -0.2) is 0 Å². The molecule has 0 amide bonds. The van der Waals surface area contributed by atoms with Crippen LogP contribution in [0.4, 0.5) is 0 Å². The van der Waals surface area contributed by atoms with Crippen molar-refractivity contribution in [2.45, 2.75) is 39.5 Å². The number of para-hydroxylation sites is 1. The van der Waals surface area contributed by atoms with Crippen LogP contribution in [0.5, 0.6) is 0 Å². The maximum absolute atomic E-state index is 10.8. The Bertz CT molecular complexity index is 879. The van der Waals surface area contributed by atoms with E-state index in [2.05, 4.69) is 59.7 Å². The topological polar surface area (TPSA) is 28.4 Å². The number of hydrogen-bond donors (Lipinski definition) is 1. The molecular weight excluding hydrogens is 308 g/mol. The van der Waals surface area contributed by atoms with Crippen molar-refractivity contribution < 1.29 is 5.11 Å². The van der Waals surface area contributed by atoms with E-state index in [1.807, 2.05) is 12.1 Å². The second kappa shape index (κ2) is 6.66. The van der Waals surface area contributed by atoms with Gasteiger partial charge in [-0.3, -0.25) is 4.90 Å². The first-order valence-electron chi connectivity index (χ1n) is 9.23. The molecule has 1 aromatic heterocycles. The largest absolute Gasteiger partial charge is 0.387 e. The summed E-state index contributed by atoms with van der Waals surface area (Å²) in [5, 5.41) is 12.2. The Hall–Kier alpha value is -2.10. The highest BCUT2D eigenvalue weighted by molar-refractivity contribution is 5.85. The van der Waals surface area contributed by atoms with Crippen molar-refractivity contribution in [1.82, 2.24) is 9.47 Å². The van der Waals surface area contributed by atoms with Crippen molar-refractivity contribution in [3.63, 3.8) is 0 Å². The molecule has 1 atom stereocenters. The van der Waals surface area contributed by atoms with Gasteiger partial charge in [-0.05, 0) is 30.7 Å². The van der Waals surface area contributed by atoms with Crippen molar-refractivity contribution in [3.8, 4) is 0 Å². The van der Waals surface area contributed by atoms with Crippen LogP contribution in [0.2, 0.25) is 0 Å². The van der Waals surface area contributed by atoms with E-state index in [1.165, 1.54) is 27.7 Å². The van der Waals surface area contributed by atoms with Crippen molar-refractivity contribution in [2.75, 3.05) is 13.1 Å². The number of aryl methyl sites for hydroxylation is 1. The predicted octanol–water partition coefficient (Wildman–Crippen LogP) is 4.06. The van der Waals surface area contributed by atoms with Crippen LogP contribution in [-0.2, 0) is 19.5 Å². The Morgan fingerprint density at radius 1 is 1.08 bits per heavy atom. The van der Waals surface area contributed by atoms with Gasteiger partial charge < -0.3 is 9.67 Å². The Labute approximate surface area is 149 Å². The van der Waals surface area contributed by atoms with E-state index >= 15 is 0 Å². The maximum atomic E-state index is 10.8. The molecule has 3 nitrogen and oxygen atoms in total. The summed E-state index contributed by atoms with van der Waals surface area (Å²) in [7, 11) is 0. The van der Waals surface area contributed by atoms with Crippen LogP contribution in [0.25, 0.3) is 10.9 Å². The number of likely N-dealkylation sites (N-methyl/N-ethyl adjacent to an activating group) is 1. The Balaban J connectivity index is 1.73. The highest BCUT2D eigenvalue weighted by Gasteiger charge is 2.24. The standard InChI is InChI=1S/C22H26N2O/c1-3-23-13-12-21-19(14-23)18-6-4-5-7-20(18)24(21)15-22(25)17-10-8-16(2)9-11-17/h4-11,22,25H,3,12-15H2,1-2H3. The van der Waals surface area contributed by atoms with Crippen LogP contribution >= 0.6 is 0 Å². The third kappa shape index (κ3) is 2.99. The average Bonchev–Trinajstić information content (AvgIpc) is 2.95. The minimum absolute atomic E-state index is 0.482. The predicted molar refractivity (Wildman–Crippen MR) is 103 cm³/mol. The fourth-order valence-corrected chi connectivity index (χ4v) is 4.00. The summed E-state index contributed by atoms with van der Waals surface area (Å²) in [6.45, 7) is 8.12. The summed E-state index contributed by atoms with van der Waals surface area (Å²) < 4.78 is 2.35. The lowest BCUT2D eigenvalue weighted by molar-refractivity contribution is 0.156.